The first-order valence-corrected chi connectivity index (χ1v) is 13.8. The van der Waals surface area contributed by atoms with Gasteiger partial charge in [-0.15, -0.1) is 0 Å². The molecular weight excluding hydrogens is 510 g/mol. The molecule has 2 aromatic carbocycles. The van der Waals surface area contributed by atoms with E-state index >= 15 is 0 Å². The van der Waals surface area contributed by atoms with Crippen molar-refractivity contribution in [3.05, 3.63) is 65.2 Å². The number of benzene rings is 2. The minimum Gasteiger partial charge on any atom is -0.507 e. The first-order valence-electron chi connectivity index (χ1n) is 12.4. The van der Waals surface area contributed by atoms with Crippen LogP contribution in [-0.2, 0) is 24.3 Å². The normalized spacial score (nSPS) is 20.3. The lowest BCUT2D eigenvalue weighted by molar-refractivity contribution is -0.140. The van der Waals surface area contributed by atoms with Gasteiger partial charge in [0, 0.05) is 45.8 Å². The summed E-state index contributed by atoms with van der Waals surface area (Å²) in [7, 11) is 0.743. The number of Topliss-reactive ketones (excluding diaryl/α,β-unsaturated/α-hetero) is 1. The van der Waals surface area contributed by atoms with Crippen LogP contribution in [0.5, 0.6) is 5.75 Å². The number of sulfonamides is 1. The quantitative estimate of drug-likeness (QED) is 0.290. The van der Waals surface area contributed by atoms with Gasteiger partial charge in [-0.3, -0.25) is 14.5 Å². The third-order valence-electron chi connectivity index (χ3n) is 6.85. The van der Waals surface area contributed by atoms with E-state index < -0.39 is 27.8 Å². The highest BCUT2D eigenvalue weighted by Crippen LogP contribution is 2.40. The Bertz CT molecular complexity index is 1300. The Morgan fingerprint density at radius 3 is 2.24 bits per heavy atom. The summed E-state index contributed by atoms with van der Waals surface area (Å²) in [6.45, 7) is 4.06. The van der Waals surface area contributed by atoms with Crippen LogP contribution in [0.15, 0.2) is 59.0 Å². The predicted molar refractivity (Wildman–Crippen MR) is 141 cm³/mol. The molecule has 1 N–H and O–H groups in total. The van der Waals surface area contributed by atoms with Gasteiger partial charge < -0.3 is 19.5 Å². The number of morpholine rings is 1. The highest BCUT2D eigenvalue weighted by Gasteiger charge is 2.45. The SMILES string of the molecule is COc1ccc([C@H]2C(=C(O)c3ccc(S(=O)(=O)N(C)C)cc3)C(=O)C(=O)N2CCCN2CCOCC2)cc1. The van der Waals surface area contributed by atoms with E-state index in [0.29, 0.717) is 37.5 Å². The number of aliphatic hydroxyl groups is 1. The van der Waals surface area contributed by atoms with Crippen LogP contribution < -0.4 is 4.74 Å². The number of ether oxygens (including phenoxy) is 2. The second kappa shape index (κ2) is 11.6. The third kappa shape index (κ3) is 5.60. The number of aliphatic hydroxyl groups excluding tert-OH is 1. The van der Waals surface area contributed by atoms with Gasteiger partial charge in [0.2, 0.25) is 10.0 Å². The van der Waals surface area contributed by atoms with Gasteiger partial charge in [-0.1, -0.05) is 12.1 Å². The Kier molecular flexibility index (Phi) is 8.51. The predicted octanol–water partition coefficient (Wildman–Crippen LogP) is 2.09. The average Bonchev–Trinajstić information content (AvgIpc) is 3.18. The van der Waals surface area contributed by atoms with Crippen LogP contribution in [-0.4, -0.2) is 99.9 Å². The second-order valence-corrected chi connectivity index (χ2v) is 11.5. The Labute approximate surface area is 223 Å². The number of likely N-dealkylation sites (tertiary alicyclic amines) is 1. The summed E-state index contributed by atoms with van der Waals surface area (Å²) in [5.74, 6) is -1.19. The van der Waals surface area contributed by atoms with Gasteiger partial charge >= 0.3 is 0 Å². The fraction of sp³-hybridized carbons (Fsp3) is 0.407. The number of amides is 1. The zero-order chi connectivity index (χ0) is 27.4. The Morgan fingerprint density at radius 2 is 1.66 bits per heavy atom. The molecule has 0 unspecified atom stereocenters. The molecule has 0 radical (unpaired) electrons. The van der Waals surface area contributed by atoms with Crippen molar-refractivity contribution >= 4 is 27.5 Å². The number of rotatable bonds is 9. The molecule has 1 amide bonds. The summed E-state index contributed by atoms with van der Waals surface area (Å²) < 4.78 is 36.6. The number of hydrogen-bond donors (Lipinski definition) is 1. The van der Waals surface area contributed by atoms with Crippen molar-refractivity contribution in [1.29, 1.82) is 0 Å². The molecule has 2 aliphatic heterocycles. The number of hydrogen-bond acceptors (Lipinski definition) is 8. The highest BCUT2D eigenvalue weighted by atomic mass is 32.2. The Balaban J connectivity index is 1.68. The molecule has 2 aliphatic rings. The lowest BCUT2D eigenvalue weighted by Gasteiger charge is -2.29. The number of carbonyl (C=O) groups is 2. The molecule has 0 aliphatic carbocycles. The summed E-state index contributed by atoms with van der Waals surface area (Å²) in [5, 5.41) is 11.3. The maximum Gasteiger partial charge on any atom is 0.295 e. The largest absolute Gasteiger partial charge is 0.507 e. The average molecular weight is 544 g/mol. The van der Waals surface area contributed by atoms with Gasteiger partial charge in [-0.2, -0.15) is 0 Å². The standard InChI is InChI=1S/C27H33N3O7S/c1-28(2)38(34,35)22-11-7-20(8-12-22)25(31)23-24(19-5-9-21(36-3)10-6-19)30(27(33)26(23)32)14-4-13-29-15-17-37-18-16-29/h5-12,24,31H,4,13-18H2,1-3H3/t24-/m0/s1. The summed E-state index contributed by atoms with van der Waals surface area (Å²) in [5.41, 5.74) is 0.868. The lowest BCUT2D eigenvalue weighted by atomic mass is 9.95. The number of methoxy groups -OCH3 is 1. The molecule has 0 aromatic heterocycles. The molecule has 1 atom stereocenters. The maximum atomic E-state index is 13.3. The van der Waals surface area contributed by atoms with Crippen molar-refractivity contribution in [3.8, 4) is 5.75 Å². The van der Waals surface area contributed by atoms with Crippen LogP contribution in [0.25, 0.3) is 5.76 Å². The summed E-state index contributed by atoms with van der Waals surface area (Å²) in [6.07, 6.45) is 0.650. The minimum atomic E-state index is -3.66. The van der Waals surface area contributed by atoms with Crippen molar-refractivity contribution < 1.29 is 32.6 Å². The lowest BCUT2D eigenvalue weighted by Crippen LogP contribution is -2.38. The van der Waals surface area contributed by atoms with E-state index in [2.05, 4.69) is 4.90 Å². The van der Waals surface area contributed by atoms with Crippen LogP contribution >= 0.6 is 0 Å². The van der Waals surface area contributed by atoms with Crippen LogP contribution in [0.3, 0.4) is 0 Å². The van der Waals surface area contributed by atoms with E-state index in [-0.39, 0.29) is 21.8 Å². The fourth-order valence-electron chi connectivity index (χ4n) is 4.68. The maximum absolute atomic E-state index is 13.3. The summed E-state index contributed by atoms with van der Waals surface area (Å²) in [4.78, 5) is 30.3. The van der Waals surface area contributed by atoms with E-state index in [9.17, 15) is 23.1 Å². The van der Waals surface area contributed by atoms with Crippen LogP contribution in [0.2, 0.25) is 0 Å². The summed E-state index contributed by atoms with van der Waals surface area (Å²) in [6, 6.07) is 11.8. The van der Waals surface area contributed by atoms with Crippen molar-refractivity contribution in [3.63, 3.8) is 0 Å². The number of ketones is 1. The third-order valence-corrected chi connectivity index (χ3v) is 8.68. The second-order valence-electron chi connectivity index (χ2n) is 9.39. The molecule has 2 aromatic rings. The van der Waals surface area contributed by atoms with Gasteiger partial charge in [0.1, 0.15) is 11.5 Å². The van der Waals surface area contributed by atoms with Crippen molar-refractivity contribution in [2.45, 2.75) is 17.4 Å². The molecule has 0 spiro atoms. The van der Waals surface area contributed by atoms with Crippen LogP contribution in [0, 0.1) is 0 Å². The molecule has 10 nitrogen and oxygen atoms in total. The number of carbonyl (C=O) groups excluding carboxylic acids is 2. The van der Waals surface area contributed by atoms with E-state index in [0.717, 1.165) is 23.9 Å². The molecule has 38 heavy (non-hydrogen) atoms. The molecule has 4 rings (SSSR count). The molecule has 2 saturated heterocycles. The zero-order valence-electron chi connectivity index (χ0n) is 21.8. The van der Waals surface area contributed by atoms with Crippen molar-refractivity contribution in [1.82, 2.24) is 14.1 Å². The Hall–Kier alpha value is -3.25. The molecule has 0 bridgehead atoms. The van der Waals surface area contributed by atoms with E-state index in [4.69, 9.17) is 9.47 Å². The first kappa shape index (κ1) is 27.8. The molecule has 2 fully saturated rings. The topological polar surface area (TPSA) is 117 Å². The smallest absolute Gasteiger partial charge is 0.295 e. The van der Waals surface area contributed by atoms with E-state index in [1.165, 1.54) is 43.3 Å². The van der Waals surface area contributed by atoms with E-state index in [1.807, 2.05) is 0 Å². The molecule has 0 saturated carbocycles. The Morgan fingerprint density at radius 1 is 1.03 bits per heavy atom. The highest BCUT2D eigenvalue weighted by molar-refractivity contribution is 7.89. The molecule has 2 heterocycles. The van der Waals surface area contributed by atoms with Crippen molar-refractivity contribution in [2.75, 3.05) is 60.6 Å². The van der Waals surface area contributed by atoms with Gasteiger partial charge in [0.15, 0.2) is 0 Å². The van der Waals surface area contributed by atoms with Crippen LogP contribution in [0.4, 0.5) is 0 Å². The van der Waals surface area contributed by atoms with Gasteiger partial charge in [-0.25, -0.2) is 12.7 Å². The van der Waals surface area contributed by atoms with E-state index in [1.54, 1.807) is 31.4 Å². The first-order chi connectivity index (χ1) is 18.1. The monoisotopic (exact) mass is 543 g/mol. The summed E-state index contributed by atoms with van der Waals surface area (Å²) >= 11 is 0. The van der Waals surface area contributed by atoms with Crippen molar-refractivity contribution in [2.24, 2.45) is 0 Å². The molecule has 11 heteroatoms. The fourth-order valence-corrected chi connectivity index (χ4v) is 5.59. The zero-order valence-corrected chi connectivity index (χ0v) is 22.6. The minimum absolute atomic E-state index is 0.0326. The number of nitrogens with zero attached hydrogens (tertiary/aromatic N) is 3. The molecular formula is C27H33N3O7S. The molecule has 204 valence electrons. The van der Waals surface area contributed by atoms with Gasteiger partial charge in [0.25, 0.3) is 11.7 Å². The van der Waals surface area contributed by atoms with Gasteiger partial charge in [0.05, 0.1) is 36.8 Å². The van der Waals surface area contributed by atoms with Gasteiger partial charge in [-0.05, 0) is 48.4 Å². The van der Waals surface area contributed by atoms with Crippen LogP contribution in [0.1, 0.15) is 23.6 Å².